The average molecular weight is 307 g/mol. The van der Waals surface area contributed by atoms with E-state index in [2.05, 4.69) is 38.8 Å². The molecule has 1 aromatic carbocycles. The molecule has 0 bridgehead atoms. The number of hydrogen-bond donors (Lipinski definition) is 1. The second-order valence-electron chi connectivity index (χ2n) is 4.00. The highest BCUT2D eigenvalue weighted by atomic mass is 79.9. The number of anilines is 2. The molecular formula is C11H17BrClN3. The van der Waals surface area contributed by atoms with Crippen molar-refractivity contribution in [1.82, 2.24) is 4.90 Å². The van der Waals surface area contributed by atoms with Crippen molar-refractivity contribution in [2.24, 2.45) is 0 Å². The Labute approximate surface area is 111 Å². The van der Waals surface area contributed by atoms with Gasteiger partial charge in [0.1, 0.15) is 0 Å². The Morgan fingerprint density at radius 2 is 1.81 bits per heavy atom. The summed E-state index contributed by atoms with van der Waals surface area (Å²) in [5.41, 5.74) is 7.78. The molecule has 0 aromatic heterocycles. The van der Waals surface area contributed by atoms with Gasteiger partial charge in [-0.2, -0.15) is 0 Å². The number of halogens is 2. The van der Waals surface area contributed by atoms with Gasteiger partial charge in [0.2, 0.25) is 0 Å². The first-order chi connectivity index (χ1) is 7.16. The van der Waals surface area contributed by atoms with Crippen molar-refractivity contribution in [2.45, 2.75) is 0 Å². The van der Waals surface area contributed by atoms with Crippen molar-refractivity contribution < 1.29 is 0 Å². The molecule has 1 fully saturated rings. The molecule has 1 aliphatic heterocycles. The van der Waals surface area contributed by atoms with Crippen LogP contribution in [0.15, 0.2) is 22.7 Å². The molecule has 1 aliphatic rings. The lowest BCUT2D eigenvalue weighted by atomic mass is 10.2. The fourth-order valence-corrected chi connectivity index (χ4v) is 2.47. The molecule has 0 spiro atoms. The predicted molar refractivity (Wildman–Crippen MR) is 75.5 cm³/mol. The smallest absolute Gasteiger partial charge is 0.0513 e. The van der Waals surface area contributed by atoms with Gasteiger partial charge in [-0.3, -0.25) is 0 Å². The number of hydrogen-bond acceptors (Lipinski definition) is 3. The zero-order chi connectivity index (χ0) is 10.8. The standard InChI is InChI=1S/C11H16BrN3.ClH/c1-14-4-6-15(7-5-14)11-3-2-9(13)8-10(11)12;/h2-3,8H,4-7,13H2,1H3;1H. The van der Waals surface area contributed by atoms with Crippen LogP contribution in [0.2, 0.25) is 0 Å². The van der Waals surface area contributed by atoms with E-state index in [4.69, 9.17) is 5.73 Å². The van der Waals surface area contributed by atoms with Gasteiger partial charge >= 0.3 is 0 Å². The molecule has 2 rings (SSSR count). The third-order valence-electron chi connectivity index (χ3n) is 2.82. The molecule has 5 heteroatoms. The van der Waals surface area contributed by atoms with Crippen LogP contribution in [0.3, 0.4) is 0 Å². The zero-order valence-corrected chi connectivity index (χ0v) is 11.7. The average Bonchev–Trinajstić information content (AvgIpc) is 2.20. The van der Waals surface area contributed by atoms with E-state index in [-0.39, 0.29) is 12.4 Å². The Morgan fingerprint density at radius 3 is 2.38 bits per heavy atom. The fourth-order valence-electron chi connectivity index (χ4n) is 1.83. The van der Waals surface area contributed by atoms with Crippen LogP contribution in [0, 0.1) is 0 Å². The summed E-state index contributed by atoms with van der Waals surface area (Å²) in [4.78, 5) is 4.74. The van der Waals surface area contributed by atoms with Crippen molar-refractivity contribution in [3.8, 4) is 0 Å². The van der Waals surface area contributed by atoms with E-state index in [1.165, 1.54) is 5.69 Å². The van der Waals surface area contributed by atoms with Gasteiger partial charge in [-0.15, -0.1) is 12.4 Å². The molecule has 1 heterocycles. The number of nitrogen functional groups attached to an aromatic ring is 1. The molecule has 2 N–H and O–H groups in total. The lowest BCUT2D eigenvalue weighted by Crippen LogP contribution is -2.44. The molecule has 0 amide bonds. The van der Waals surface area contributed by atoms with Crippen LogP contribution in [0.25, 0.3) is 0 Å². The highest BCUT2D eigenvalue weighted by molar-refractivity contribution is 9.10. The lowest BCUT2D eigenvalue weighted by molar-refractivity contribution is 0.312. The van der Waals surface area contributed by atoms with Gasteiger partial charge in [0, 0.05) is 36.3 Å². The summed E-state index contributed by atoms with van der Waals surface area (Å²) in [6, 6.07) is 6.01. The summed E-state index contributed by atoms with van der Waals surface area (Å²) in [6.45, 7) is 4.41. The third-order valence-corrected chi connectivity index (χ3v) is 3.45. The largest absolute Gasteiger partial charge is 0.399 e. The zero-order valence-electron chi connectivity index (χ0n) is 9.32. The van der Waals surface area contributed by atoms with E-state index in [0.29, 0.717) is 0 Å². The summed E-state index contributed by atoms with van der Waals surface area (Å²) in [5, 5.41) is 0. The van der Waals surface area contributed by atoms with Crippen LogP contribution in [-0.4, -0.2) is 38.1 Å². The van der Waals surface area contributed by atoms with Crippen LogP contribution in [-0.2, 0) is 0 Å². The highest BCUT2D eigenvalue weighted by Crippen LogP contribution is 2.28. The first-order valence-electron chi connectivity index (χ1n) is 5.15. The van der Waals surface area contributed by atoms with Crippen LogP contribution >= 0.6 is 28.3 Å². The Morgan fingerprint density at radius 1 is 1.19 bits per heavy atom. The van der Waals surface area contributed by atoms with Gasteiger partial charge in [0.25, 0.3) is 0 Å². The molecule has 16 heavy (non-hydrogen) atoms. The molecule has 0 radical (unpaired) electrons. The van der Waals surface area contributed by atoms with Crippen molar-refractivity contribution >= 4 is 39.7 Å². The number of piperazine rings is 1. The van der Waals surface area contributed by atoms with Crippen LogP contribution < -0.4 is 10.6 Å². The molecule has 90 valence electrons. The first kappa shape index (κ1) is 13.6. The predicted octanol–water partition coefficient (Wildman–Crippen LogP) is 2.20. The molecule has 1 saturated heterocycles. The summed E-state index contributed by atoms with van der Waals surface area (Å²) in [5.74, 6) is 0. The minimum absolute atomic E-state index is 0. The summed E-state index contributed by atoms with van der Waals surface area (Å²) in [6.07, 6.45) is 0. The van der Waals surface area contributed by atoms with Crippen LogP contribution in [0.1, 0.15) is 0 Å². The SMILES string of the molecule is CN1CCN(c2ccc(N)cc2Br)CC1.Cl. The minimum Gasteiger partial charge on any atom is -0.399 e. The van der Waals surface area contributed by atoms with Gasteiger partial charge in [0.05, 0.1) is 5.69 Å². The van der Waals surface area contributed by atoms with Gasteiger partial charge < -0.3 is 15.5 Å². The number of rotatable bonds is 1. The second kappa shape index (κ2) is 5.75. The summed E-state index contributed by atoms with van der Waals surface area (Å²) >= 11 is 3.56. The Kier molecular flexibility index (Phi) is 4.89. The van der Waals surface area contributed by atoms with Crippen molar-refractivity contribution in [1.29, 1.82) is 0 Å². The van der Waals surface area contributed by atoms with Gasteiger partial charge in [-0.1, -0.05) is 0 Å². The maximum atomic E-state index is 5.72. The van der Waals surface area contributed by atoms with E-state index in [0.717, 1.165) is 36.3 Å². The quantitative estimate of drug-likeness (QED) is 0.808. The monoisotopic (exact) mass is 305 g/mol. The van der Waals surface area contributed by atoms with Crippen LogP contribution in [0.4, 0.5) is 11.4 Å². The van der Waals surface area contributed by atoms with Crippen LogP contribution in [0.5, 0.6) is 0 Å². The van der Waals surface area contributed by atoms with Gasteiger partial charge in [-0.05, 0) is 41.2 Å². The number of benzene rings is 1. The molecule has 0 atom stereocenters. The first-order valence-corrected chi connectivity index (χ1v) is 5.94. The Hall–Kier alpha value is -0.450. The van der Waals surface area contributed by atoms with Crippen molar-refractivity contribution in [3.05, 3.63) is 22.7 Å². The molecule has 3 nitrogen and oxygen atoms in total. The fraction of sp³-hybridized carbons (Fsp3) is 0.455. The van der Waals surface area contributed by atoms with Gasteiger partial charge in [-0.25, -0.2) is 0 Å². The molecular weight excluding hydrogens is 289 g/mol. The molecule has 1 aromatic rings. The van der Waals surface area contributed by atoms with Crippen molar-refractivity contribution in [3.63, 3.8) is 0 Å². The van der Waals surface area contributed by atoms with E-state index in [1.807, 2.05) is 12.1 Å². The van der Waals surface area contributed by atoms with E-state index in [1.54, 1.807) is 0 Å². The second-order valence-corrected chi connectivity index (χ2v) is 4.86. The number of likely N-dealkylation sites (N-methyl/N-ethyl adjacent to an activating group) is 1. The summed E-state index contributed by atoms with van der Waals surface area (Å²) in [7, 11) is 2.16. The normalized spacial score (nSPS) is 17.0. The molecule has 0 unspecified atom stereocenters. The maximum absolute atomic E-state index is 5.72. The molecule has 0 saturated carbocycles. The number of nitrogens with zero attached hydrogens (tertiary/aromatic N) is 2. The number of nitrogens with two attached hydrogens (primary N) is 1. The van der Waals surface area contributed by atoms with Crippen molar-refractivity contribution in [2.75, 3.05) is 43.9 Å². The third kappa shape index (κ3) is 3.03. The minimum atomic E-state index is 0. The highest BCUT2D eigenvalue weighted by Gasteiger charge is 2.15. The van der Waals surface area contributed by atoms with E-state index in [9.17, 15) is 0 Å². The van der Waals surface area contributed by atoms with E-state index >= 15 is 0 Å². The Balaban J connectivity index is 0.00000128. The maximum Gasteiger partial charge on any atom is 0.0513 e. The topological polar surface area (TPSA) is 32.5 Å². The lowest BCUT2D eigenvalue weighted by Gasteiger charge is -2.34. The molecule has 0 aliphatic carbocycles. The Bertz CT molecular complexity index is 351. The van der Waals surface area contributed by atoms with E-state index < -0.39 is 0 Å². The van der Waals surface area contributed by atoms with Gasteiger partial charge in [0.15, 0.2) is 0 Å². The summed E-state index contributed by atoms with van der Waals surface area (Å²) < 4.78 is 1.09.